The molecule has 0 atom stereocenters. The van der Waals surface area contributed by atoms with Gasteiger partial charge in [-0.3, -0.25) is 9.78 Å². The maximum absolute atomic E-state index is 11.3. The van der Waals surface area contributed by atoms with Crippen LogP contribution in [0.1, 0.15) is 24.1 Å². The summed E-state index contributed by atoms with van der Waals surface area (Å²) in [6.45, 7) is 2.55. The van der Waals surface area contributed by atoms with Gasteiger partial charge >= 0.3 is 0 Å². The third-order valence-electron chi connectivity index (χ3n) is 2.39. The smallest absolute Gasteiger partial charge is 0.223 e. The molecule has 1 heterocycles. The van der Waals surface area contributed by atoms with Crippen molar-refractivity contribution >= 4 is 5.91 Å². The van der Waals surface area contributed by atoms with E-state index in [0.717, 1.165) is 24.1 Å². The summed E-state index contributed by atoms with van der Waals surface area (Å²) in [7, 11) is 0. The SMILES string of the molecule is Cc1ccc(CNC(=O)C2CC2)cn1. The minimum absolute atomic E-state index is 0.186. The van der Waals surface area contributed by atoms with Gasteiger partial charge in [-0.05, 0) is 31.4 Å². The minimum Gasteiger partial charge on any atom is -0.352 e. The molecule has 14 heavy (non-hydrogen) atoms. The van der Waals surface area contributed by atoms with E-state index in [1.54, 1.807) is 0 Å². The van der Waals surface area contributed by atoms with Crippen LogP contribution < -0.4 is 5.32 Å². The fourth-order valence-electron chi connectivity index (χ4n) is 1.28. The molecule has 3 heteroatoms. The molecular formula is C11H14N2O. The fourth-order valence-corrected chi connectivity index (χ4v) is 1.28. The van der Waals surface area contributed by atoms with Crippen molar-refractivity contribution in [2.45, 2.75) is 26.3 Å². The van der Waals surface area contributed by atoms with Gasteiger partial charge in [0.2, 0.25) is 5.91 Å². The van der Waals surface area contributed by atoms with Crippen molar-refractivity contribution in [3.63, 3.8) is 0 Å². The van der Waals surface area contributed by atoms with E-state index < -0.39 is 0 Å². The Morgan fingerprint density at radius 2 is 2.36 bits per heavy atom. The van der Waals surface area contributed by atoms with Crippen LogP contribution in [-0.2, 0) is 11.3 Å². The molecule has 2 rings (SSSR count). The summed E-state index contributed by atoms with van der Waals surface area (Å²) in [5.74, 6) is 0.471. The van der Waals surface area contributed by atoms with E-state index in [1.165, 1.54) is 0 Å². The van der Waals surface area contributed by atoms with Crippen LogP contribution in [0.2, 0.25) is 0 Å². The molecule has 0 unspecified atom stereocenters. The summed E-state index contributed by atoms with van der Waals surface area (Å²) in [4.78, 5) is 15.5. The van der Waals surface area contributed by atoms with Crippen LogP contribution in [-0.4, -0.2) is 10.9 Å². The van der Waals surface area contributed by atoms with E-state index in [2.05, 4.69) is 10.3 Å². The number of carbonyl (C=O) groups excluding carboxylic acids is 1. The summed E-state index contributed by atoms with van der Waals surface area (Å²) in [6.07, 6.45) is 3.92. The summed E-state index contributed by atoms with van der Waals surface area (Å²) >= 11 is 0. The van der Waals surface area contributed by atoms with Crippen LogP contribution >= 0.6 is 0 Å². The molecule has 1 N–H and O–H groups in total. The minimum atomic E-state index is 0.186. The van der Waals surface area contributed by atoms with Crippen LogP contribution in [0.5, 0.6) is 0 Å². The number of aryl methyl sites for hydroxylation is 1. The molecule has 1 fully saturated rings. The lowest BCUT2D eigenvalue weighted by Gasteiger charge is -2.03. The first-order valence-corrected chi connectivity index (χ1v) is 4.95. The van der Waals surface area contributed by atoms with Crippen LogP contribution in [0.4, 0.5) is 0 Å². The lowest BCUT2D eigenvalue weighted by Crippen LogP contribution is -2.24. The number of nitrogens with zero attached hydrogens (tertiary/aromatic N) is 1. The third kappa shape index (κ3) is 2.31. The zero-order valence-electron chi connectivity index (χ0n) is 8.29. The Bertz CT molecular complexity index is 328. The van der Waals surface area contributed by atoms with Gasteiger partial charge < -0.3 is 5.32 Å². The maximum Gasteiger partial charge on any atom is 0.223 e. The highest BCUT2D eigenvalue weighted by atomic mass is 16.2. The Balaban J connectivity index is 1.85. The highest BCUT2D eigenvalue weighted by Crippen LogP contribution is 2.28. The van der Waals surface area contributed by atoms with Crippen LogP contribution in [0, 0.1) is 12.8 Å². The second-order valence-electron chi connectivity index (χ2n) is 3.80. The van der Waals surface area contributed by atoms with Crippen molar-refractivity contribution in [1.82, 2.24) is 10.3 Å². The largest absolute Gasteiger partial charge is 0.352 e. The van der Waals surface area contributed by atoms with Crippen molar-refractivity contribution in [1.29, 1.82) is 0 Å². The van der Waals surface area contributed by atoms with E-state index in [4.69, 9.17) is 0 Å². The van der Waals surface area contributed by atoms with E-state index in [-0.39, 0.29) is 11.8 Å². The lowest BCUT2D eigenvalue weighted by atomic mass is 10.2. The molecule has 1 aliphatic carbocycles. The second-order valence-corrected chi connectivity index (χ2v) is 3.80. The van der Waals surface area contributed by atoms with Gasteiger partial charge in [0.1, 0.15) is 0 Å². The summed E-state index contributed by atoms with van der Waals surface area (Å²) in [5.41, 5.74) is 2.06. The van der Waals surface area contributed by atoms with Crippen LogP contribution in [0.25, 0.3) is 0 Å². The van der Waals surface area contributed by atoms with Gasteiger partial charge in [-0.2, -0.15) is 0 Å². The number of carbonyl (C=O) groups is 1. The van der Waals surface area contributed by atoms with Crippen molar-refractivity contribution < 1.29 is 4.79 Å². The second kappa shape index (κ2) is 3.78. The Kier molecular flexibility index (Phi) is 2.48. The van der Waals surface area contributed by atoms with Crippen LogP contribution in [0.3, 0.4) is 0 Å². The summed E-state index contributed by atoms with van der Waals surface area (Å²) in [5, 5.41) is 2.90. The van der Waals surface area contributed by atoms with Crippen molar-refractivity contribution in [2.24, 2.45) is 5.92 Å². The molecule has 1 aliphatic rings. The number of hydrogen-bond donors (Lipinski definition) is 1. The topological polar surface area (TPSA) is 42.0 Å². The number of rotatable bonds is 3. The number of nitrogens with one attached hydrogen (secondary N) is 1. The van der Waals surface area contributed by atoms with Gasteiger partial charge in [-0.25, -0.2) is 0 Å². The number of pyridine rings is 1. The molecule has 1 aromatic rings. The first-order valence-electron chi connectivity index (χ1n) is 4.95. The van der Waals surface area contributed by atoms with Gasteiger partial charge in [0, 0.05) is 24.4 Å². The van der Waals surface area contributed by atoms with Gasteiger partial charge in [0.05, 0.1) is 0 Å². The molecule has 0 radical (unpaired) electrons. The normalized spacial score (nSPS) is 15.2. The Labute approximate surface area is 83.5 Å². The Morgan fingerprint density at radius 3 is 2.93 bits per heavy atom. The molecule has 3 nitrogen and oxygen atoms in total. The third-order valence-corrected chi connectivity index (χ3v) is 2.39. The summed E-state index contributed by atoms with van der Waals surface area (Å²) < 4.78 is 0. The lowest BCUT2D eigenvalue weighted by molar-refractivity contribution is -0.122. The zero-order chi connectivity index (χ0) is 9.97. The molecule has 0 aliphatic heterocycles. The fraction of sp³-hybridized carbons (Fsp3) is 0.455. The predicted octanol–water partition coefficient (Wildman–Crippen LogP) is 1.42. The quantitative estimate of drug-likeness (QED) is 0.783. The Morgan fingerprint density at radius 1 is 1.57 bits per heavy atom. The van der Waals surface area contributed by atoms with Crippen molar-refractivity contribution in [3.05, 3.63) is 29.6 Å². The number of aromatic nitrogens is 1. The van der Waals surface area contributed by atoms with Gasteiger partial charge in [0.15, 0.2) is 0 Å². The van der Waals surface area contributed by atoms with Crippen molar-refractivity contribution in [2.75, 3.05) is 0 Å². The standard InChI is InChI=1S/C11H14N2O/c1-8-2-3-9(6-12-8)7-13-11(14)10-4-5-10/h2-3,6,10H,4-5,7H2,1H3,(H,13,14). The maximum atomic E-state index is 11.3. The molecule has 1 saturated carbocycles. The van der Waals surface area contributed by atoms with Crippen molar-refractivity contribution in [3.8, 4) is 0 Å². The highest BCUT2D eigenvalue weighted by molar-refractivity contribution is 5.80. The average Bonchev–Trinajstić information content (AvgIpc) is 3.00. The molecule has 1 aromatic heterocycles. The molecule has 74 valence electrons. The van der Waals surface area contributed by atoms with E-state index in [0.29, 0.717) is 6.54 Å². The zero-order valence-corrected chi connectivity index (χ0v) is 8.29. The van der Waals surface area contributed by atoms with Crippen LogP contribution in [0.15, 0.2) is 18.3 Å². The first-order chi connectivity index (χ1) is 6.75. The van der Waals surface area contributed by atoms with E-state index in [9.17, 15) is 4.79 Å². The summed E-state index contributed by atoms with van der Waals surface area (Å²) in [6, 6.07) is 3.95. The molecule has 0 saturated heterocycles. The average molecular weight is 190 g/mol. The van der Waals surface area contributed by atoms with Gasteiger partial charge in [0.25, 0.3) is 0 Å². The Hall–Kier alpha value is -1.38. The predicted molar refractivity (Wildman–Crippen MR) is 53.5 cm³/mol. The monoisotopic (exact) mass is 190 g/mol. The highest BCUT2D eigenvalue weighted by Gasteiger charge is 2.29. The molecule has 0 bridgehead atoms. The number of amides is 1. The van der Waals surface area contributed by atoms with Gasteiger partial charge in [-0.15, -0.1) is 0 Å². The molecule has 1 amide bonds. The van der Waals surface area contributed by atoms with Gasteiger partial charge in [-0.1, -0.05) is 6.07 Å². The van der Waals surface area contributed by atoms with E-state index >= 15 is 0 Å². The molecular weight excluding hydrogens is 176 g/mol. The van der Waals surface area contributed by atoms with E-state index in [1.807, 2.05) is 25.3 Å². The molecule has 0 aromatic carbocycles. The number of hydrogen-bond acceptors (Lipinski definition) is 2. The molecule has 0 spiro atoms. The first kappa shape index (κ1) is 9.19.